The Labute approximate surface area is 87.7 Å². The normalized spacial score (nSPS) is 22.5. The fraction of sp³-hybridized carbons (Fsp3) is 0.778. The fourth-order valence-corrected chi connectivity index (χ4v) is 2.30. The molecule has 0 aromatic rings. The van der Waals surface area contributed by atoms with Gasteiger partial charge in [-0.05, 0) is 6.42 Å². The van der Waals surface area contributed by atoms with Gasteiger partial charge >= 0.3 is 5.97 Å². The summed E-state index contributed by atoms with van der Waals surface area (Å²) < 4.78 is 0. The van der Waals surface area contributed by atoms with E-state index in [2.05, 4.69) is 6.92 Å². The van der Waals surface area contributed by atoms with Crippen LogP contribution in [0, 0.1) is 0 Å². The van der Waals surface area contributed by atoms with E-state index in [0.29, 0.717) is 24.0 Å². The number of carboxylic acid groups (broad SMARTS) is 1. The van der Waals surface area contributed by atoms with Gasteiger partial charge in [-0.1, -0.05) is 6.92 Å². The Kier molecular flexibility index (Phi) is 4.25. The smallest absolute Gasteiger partial charge is 0.303 e. The Morgan fingerprint density at radius 3 is 3.07 bits per heavy atom. The van der Waals surface area contributed by atoms with Crippen molar-refractivity contribution in [2.24, 2.45) is 0 Å². The van der Waals surface area contributed by atoms with Crippen LogP contribution >= 0.6 is 11.8 Å². The third-order valence-electron chi connectivity index (χ3n) is 2.14. The van der Waals surface area contributed by atoms with E-state index in [-0.39, 0.29) is 12.3 Å². The van der Waals surface area contributed by atoms with Crippen molar-refractivity contribution in [2.75, 3.05) is 18.8 Å². The molecule has 1 fully saturated rings. The number of hydrogen-bond acceptors (Lipinski definition) is 3. The maximum Gasteiger partial charge on any atom is 0.303 e. The zero-order chi connectivity index (χ0) is 10.6. The molecule has 0 aromatic carbocycles. The molecule has 0 radical (unpaired) electrons. The van der Waals surface area contributed by atoms with Crippen LogP contribution in [0.15, 0.2) is 0 Å². The summed E-state index contributed by atoms with van der Waals surface area (Å²) in [6, 6.07) is 0. The zero-order valence-corrected chi connectivity index (χ0v) is 9.05. The lowest BCUT2D eigenvalue weighted by atomic mass is 10.2. The largest absolute Gasteiger partial charge is 0.481 e. The number of nitrogens with zero attached hydrogens (tertiary/aromatic N) is 1. The van der Waals surface area contributed by atoms with Gasteiger partial charge in [-0.25, -0.2) is 0 Å². The van der Waals surface area contributed by atoms with Crippen LogP contribution in [0.3, 0.4) is 0 Å². The standard InChI is InChI=1S/C9H15NO3S/c1-7-5-10(8(11)6-14-7)4-2-3-9(12)13/h7H,2-6H2,1H3,(H,12,13). The van der Waals surface area contributed by atoms with E-state index in [0.717, 1.165) is 6.54 Å². The predicted molar refractivity (Wildman–Crippen MR) is 55.4 cm³/mol. The molecule has 4 nitrogen and oxygen atoms in total. The van der Waals surface area contributed by atoms with E-state index in [4.69, 9.17) is 5.11 Å². The number of carbonyl (C=O) groups excluding carboxylic acids is 1. The molecular formula is C9H15NO3S. The monoisotopic (exact) mass is 217 g/mol. The number of thioether (sulfide) groups is 1. The molecule has 1 aliphatic rings. The van der Waals surface area contributed by atoms with E-state index in [1.807, 2.05) is 0 Å². The van der Waals surface area contributed by atoms with Gasteiger partial charge in [0, 0.05) is 24.8 Å². The van der Waals surface area contributed by atoms with Gasteiger partial charge in [0.05, 0.1) is 5.75 Å². The van der Waals surface area contributed by atoms with Crippen molar-refractivity contribution in [1.82, 2.24) is 4.90 Å². The Balaban J connectivity index is 2.27. The summed E-state index contributed by atoms with van der Waals surface area (Å²) in [5.41, 5.74) is 0. The molecular weight excluding hydrogens is 202 g/mol. The first-order valence-electron chi connectivity index (χ1n) is 4.71. The average molecular weight is 217 g/mol. The van der Waals surface area contributed by atoms with Crippen molar-refractivity contribution in [1.29, 1.82) is 0 Å². The van der Waals surface area contributed by atoms with Crippen LogP contribution in [-0.4, -0.2) is 46.0 Å². The number of rotatable bonds is 4. The van der Waals surface area contributed by atoms with Crippen LogP contribution < -0.4 is 0 Å². The molecule has 1 N–H and O–H groups in total. The summed E-state index contributed by atoms with van der Waals surface area (Å²) in [5.74, 6) is -0.121. The third kappa shape index (κ3) is 3.57. The van der Waals surface area contributed by atoms with Gasteiger partial charge in [-0.15, -0.1) is 11.8 Å². The second-order valence-electron chi connectivity index (χ2n) is 3.46. The van der Waals surface area contributed by atoms with E-state index < -0.39 is 5.97 Å². The highest BCUT2D eigenvalue weighted by molar-refractivity contribution is 8.00. The highest BCUT2D eigenvalue weighted by atomic mass is 32.2. The lowest BCUT2D eigenvalue weighted by molar-refractivity contribution is -0.138. The summed E-state index contributed by atoms with van der Waals surface area (Å²) in [4.78, 5) is 23.4. The van der Waals surface area contributed by atoms with Crippen molar-refractivity contribution < 1.29 is 14.7 Å². The minimum atomic E-state index is -0.795. The van der Waals surface area contributed by atoms with Gasteiger partial charge in [0.25, 0.3) is 0 Å². The molecule has 14 heavy (non-hydrogen) atoms. The van der Waals surface area contributed by atoms with Crippen LogP contribution in [0.5, 0.6) is 0 Å². The molecule has 1 amide bonds. The minimum Gasteiger partial charge on any atom is -0.481 e. The van der Waals surface area contributed by atoms with Gasteiger partial charge in [0.2, 0.25) is 5.91 Å². The van der Waals surface area contributed by atoms with E-state index in [1.165, 1.54) is 0 Å². The summed E-state index contributed by atoms with van der Waals surface area (Å²) in [6.07, 6.45) is 0.698. The maximum absolute atomic E-state index is 11.4. The average Bonchev–Trinajstić information content (AvgIpc) is 2.10. The van der Waals surface area contributed by atoms with Gasteiger partial charge in [-0.3, -0.25) is 9.59 Å². The Hall–Kier alpha value is -0.710. The molecule has 1 aliphatic heterocycles. The molecule has 5 heteroatoms. The molecule has 1 rings (SSSR count). The lowest BCUT2D eigenvalue weighted by Gasteiger charge is -2.30. The first-order chi connectivity index (χ1) is 6.59. The fourth-order valence-electron chi connectivity index (χ4n) is 1.41. The van der Waals surface area contributed by atoms with Crippen molar-refractivity contribution in [3.8, 4) is 0 Å². The summed E-state index contributed by atoms with van der Waals surface area (Å²) in [6.45, 7) is 3.42. The van der Waals surface area contributed by atoms with Gasteiger partial charge in [0.1, 0.15) is 0 Å². The van der Waals surface area contributed by atoms with Crippen molar-refractivity contribution in [3.05, 3.63) is 0 Å². The topological polar surface area (TPSA) is 57.6 Å². The second-order valence-corrected chi connectivity index (χ2v) is 4.89. The molecule has 0 aliphatic carbocycles. The van der Waals surface area contributed by atoms with Crippen LogP contribution in [0.4, 0.5) is 0 Å². The molecule has 1 unspecified atom stereocenters. The van der Waals surface area contributed by atoms with Crippen molar-refractivity contribution in [2.45, 2.75) is 25.0 Å². The first-order valence-corrected chi connectivity index (χ1v) is 5.75. The number of carboxylic acids is 1. The second kappa shape index (κ2) is 5.24. The van der Waals surface area contributed by atoms with Gasteiger partial charge in [-0.2, -0.15) is 0 Å². The molecule has 0 saturated carbocycles. The Bertz CT molecular complexity index is 232. The lowest BCUT2D eigenvalue weighted by Crippen LogP contribution is -2.42. The van der Waals surface area contributed by atoms with Crippen LogP contribution in [0.25, 0.3) is 0 Å². The molecule has 0 spiro atoms. The quantitative estimate of drug-likeness (QED) is 0.757. The van der Waals surface area contributed by atoms with Crippen LogP contribution in [-0.2, 0) is 9.59 Å². The van der Waals surface area contributed by atoms with E-state index in [9.17, 15) is 9.59 Å². The molecule has 80 valence electrons. The number of carbonyl (C=O) groups is 2. The molecule has 1 saturated heterocycles. The van der Waals surface area contributed by atoms with Crippen molar-refractivity contribution in [3.63, 3.8) is 0 Å². The predicted octanol–water partition coefficient (Wildman–Crippen LogP) is 0.815. The molecule has 1 atom stereocenters. The zero-order valence-electron chi connectivity index (χ0n) is 8.23. The number of hydrogen-bond donors (Lipinski definition) is 1. The Morgan fingerprint density at radius 2 is 2.43 bits per heavy atom. The third-order valence-corrected chi connectivity index (χ3v) is 3.27. The van der Waals surface area contributed by atoms with Crippen LogP contribution in [0.2, 0.25) is 0 Å². The summed E-state index contributed by atoms with van der Waals surface area (Å²) in [7, 11) is 0. The molecule has 0 aromatic heterocycles. The van der Waals surface area contributed by atoms with Gasteiger partial charge < -0.3 is 10.0 Å². The molecule has 1 heterocycles. The van der Waals surface area contributed by atoms with Crippen LogP contribution in [0.1, 0.15) is 19.8 Å². The molecule has 0 bridgehead atoms. The number of amides is 1. The highest BCUT2D eigenvalue weighted by Crippen LogP contribution is 2.18. The number of aliphatic carboxylic acids is 1. The van der Waals surface area contributed by atoms with Crippen molar-refractivity contribution >= 4 is 23.6 Å². The Morgan fingerprint density at radius 1 is 1.71 bits per heavy atom. The van der Waals surface area contributed by atoms with Gasteiger partial charge in [0.15, 0.2) is 0 Å². The van der Waals surface area contributed by atoms with E-state index >= 15 is 0 Å². The SMILES string of the molecule is CC1CN(CCCC(=O)O)C(=O)CS1. The highest BCUT2D eigenvalue weighted by Gasteiger charge is 2.22. The first kappa shape index (κ1) is 11.4. The summed E-state index contributed by atoms with van der Waals surface area (Å²) in [5, 5.41) is 8.92. The maximum atomic E-state index is 11.4. The van der Waals surface area contributed by atoms with E-state index in [1.54, 1.807) is 16.7 Å². The summed E-state index contributed by atoms with van der Waals surface area (Å²) >= 11 is 1.66. The minimum absolute atomic E-state index is 0.137.